The van der Waals surface area contributed by atoms with Crippen LogP contribution in [-0.2, 0) is 30.9 Å². The lowest BCUT2D eigenvalue weighted by atomic mass is 9.86. The molecular weight excluding hydrogens is 441 g/mol. The van der Waals surface area contributed by atoms with Gasteiger partial charge in [-0.25, -0.2) is 13.2 Å². The molecule has 1 aromatic heterocycles. The standard InChI is InChI=1S/C17H26N2O4S.C2HF3O2/c1-13(2)24(20,21)19-11-17(12-19)9-16(7-8-23-17)22-10-15-6-4-5-14(3)18-15;3-2(4,5)1(6)7/h4-6,13,16H,7-12H2,1-3H3;(H,6,7). The van der Waals surface area contributed by atoms with Crippen molar-refractivity contribution in [3.63, 3.8) is 0 Å². The van der Waals surface area contributed by atoms with Crippen LogP contribution in [0.15, 0.2) is 18.2 Å². The maximum atomic E-state index is 12.2. The number of pyridine rings is 1. The first-order valence-electron chi connectivity index (χ1n) is 9.72. The fraction of sp³-hybridized carbons (Fsp3) is 0.684. The minimum atomic E-state index is -5.08. The van der Waals surface area contributed by atoms with E-state index in [0.29, 0.717) is 26.3 Å². The number of carbonyl (C=O) groups is 1. The molecule has 12 heteroatoms. The van der Waals surface area contributed by atoms with E-state index in [4.69, 9.17) is 19.4 Å². The minimum Gasteiger partial charge on any atom is -0.475 e. The van der Waals surface area contributed by atoms with Crippen LogP contribution in [0.1, 0.15) is 38.1 Å². The molecule has 0 aliphatic carbocycles. The lowest BCUT2D eigenvalue weighted by molar-refractivity contribution is -0.192. The van der Waals surface area contributed by atoms with E-state index in [1.807, 2.05) is 25.1 Å². The second-order valence-corrected chi connectivity index (χ2v) is 10.4. The zero-order valence-corrected chi connectivity index (χ0v) is 18.4. The van der Waals surface area contributed by atoms with Gasteiger partial charge in [0.2, 0.25) is 10.0 Å². The van der Waals surface area contributed by atoms with E-state index >= 15 is 0 Å². The fourth-order valence-corrected chi connectivity index (χ4v) is 4.73. The summed E-state index contributed by atoms with van der Waals surface area (Å²) >= 11 is 0. The SMILES string of the molecule is Cc1cccc(COC2CCOC3(C2)CN(S(=O)(=O)C(C)C)C3)n1.O=C(O)C(F)(F)F. The van der Waals surface area contributed by atoms with Crippen LogP contribution in [0, 0.1) is 6.92 Å². The predicted octanol–water partition coefficient (Wildman–Crippen LogP) is 2.51. The number of carboxylic acid groups (broad SMARTS) is 1. The van der Waals surface area contributed by atoms with Gasteiger partial charge in [-0.2, -0.15) is 17.5 Å². The van der Waals surface area contributed by atoms with Gasteiger partial charge < -0.3 is 14.6 Å². The van der Waals surface area contributed by atoms with Gasteiger partial charge in [-0.1, -0.05) is 6.07 Å². The van der Waals surface area contributed by atoms with Gasteiger partial charge in [-0.05, 0) is 39.3 Å². The third-order valence-corrected chi connectivity index (χ3v) is 7.16. The molecule has 0 bridgehead atoms. The zero-order valence-electron chi connectivity index (χ0n) is 17.6. The Morgan fingerprint density at radius 1 is 1.39 bits per heavy atom. The molecule has 0 aromatic carbocycles. The van der Waals surface area contributed by atoms with Gasteiger partial charge in [0.1, 0.15) is 0 Å². The van der Waals surface area contributed by atoms with Crippen LogP contribution in [0.25, 0.3) is 0 Å². The molecule has 2 saturated heterocycles. The maximum Gasteiger partial charge on any atom is 0.490 e. The molecule has 1 unspecified atom stereocenters. The van der Waals surface area contributed by atoms with Gasteiger partial charge in [-0.3, -0.25) is 4.98 Å². The third kappa shape index (κ3) is 6.86. The highest BCUT2D eigenvalue weighted by Gasteiger charge is 2.52. The van der Waals surface area contributed by atoms with Crippen LogP contribution in [0.2, 0.25) is 0 Å². The summed E-state index contributed by atoms with van der Waals surface area (Å²) in [6.07, 6.45) is -3.42. The summed E-state index contributed by atoms with van der Waals surface area (Å²) in [5, 5.41) is 6.73. The highest BCUT2D eigenvalue weighted by molar-refractivity contribution is 7.89. The Bertz CT molecular complexity index is 870. The molecule has 2 aliphatic rings. The molecule has 2 aliphatic heterocycles. The zero-order chi connectivity index (χ0) is 23.4. The first-order chi connectivity index (χ1) is 14.2. The number of aliphatic carboxylic acids is 1. The first-order valence-corrected chi connectivity index (χ1v) is 11.2. The lowest BCUT2D eigenvalue weighted by Crippen LogP contribution is -2.67. The number of halogens is 3. The Labute approximate surface area is 179 Å². The molecule has 3 heterocycles. The lowest BCUT2D eigenvalue weighted by Gasteiger charge is -2.52. The summed E-state index contributed by atoms with van der Waals surface area (Å²) in [7, 11) is -3.19. The van der Waals surface area contributed by atoms with Crippen molar-refractivity contribution in [1.82, 2.24) is 9.29 Å². The molecule has 31 heavy (non-hydrogen) atoms. The van der Waals surface area contributed by atoms with E-state index in [0.717, 1.165) is 24.2 Å². The van der Waals surface area contributed by atoms with Crippen molar-refractivity contribution < 1.29 is 41.0 Å². The number of rotatable bonds is 5. The molecule has 0 saturated carbocycles. The summed E-state index contributed by atoms with van der Waals surface area (Å²) < 4.78 is 69.6. The summed E-state index contributed by atoms with van der Waals surface area (Å²) in [6.45, 7) is 7.36. The molecule has 0 radical (unpaired) electrons. The Morgan fingerprint density at radius 3 is 2.52 bits per heavy atom. The second kappa shape index (κ2) is 9.80. The maximum absolute atomic E-state index is 12.2. The van der Waals surface area contributed by atoms with Gasteiger partial charge in [0.25, 0.3) is 0 Å². The van der Waals surface area contributed by atoms with Crippen molar-refractivity contribution >= 4 is 16.0 Å². The summed E-state index contributed by atoms with van der Waals surface area (Å²) in [5.41, 5.74) is 1.53. The Hall–Kier alpha value is -1.76. The van der Waals surface area contributed by atoms with Crippen LogP contribution in [0.4, 0.5) is 13.2 Å². The Balaban J connectivity index is 0.000000423. The van der Waals surface area contributed by atoms with Crippen LogP contribution in [0.5, 0.6) is 0 Å². The number of aryl methyl sites for hydroxylation is 1. The fourth-order valence-electron chi connectivity index (χ4n) is 3.30. The molecule has 2 fully saturated rings. The van der Waals surface area contributed by atoms with Gasteiger partial charge >= 0.3 is 12.1 Å². The van der Waals surface area contributed by atoms with E-state index in [-0.39, 0.29) is 11.7 Å². The smallest absolute Gasteiger partial charge is 0.475 e. The average Bonchev–Trinajstić information content (AvgIpc) is 2.64. The predicted molar refractivity (Wildman–Crippen MR) is 105 cm³/mol. The normalized spacial score (nSPS) is 21.3. The first kappa shape index (κ1) is 25.5. The summed E-state index contributed by atoms with van der Waals surface area (Å²) in [6, 6.07) is 5.90. The monoisotopic (exact) mass is 468 g/mol. The number of hydrogen-bond donors (Lipinski definition) is 1. The van der Waals surface area contributed by atoms with E-state index in [1.54, 1.807) is 13.8 Å². The van der Waals surface area contributed by atoms with E-state index in [2.05, 4.69) is 4.98 Å². The van der Waals surface area contributed by atoms with Crippen LogP contribution in [0.3, 0.4) is 0 Å². The largest absolute Gasteiger partial charge is 0.490 e. The van der Waals surface area contributed by atoms with Crippen molar-refractivity contribution in [3.05, 3.63) is 29.6 Å². The molecule has 1 N–H and O–H groups in total. The van der Waals surface area contributed by atoms with Crippen LogP contribution >= 0.6 is 0 Å². The number of sulfonamides is 1. The molecule has 0 amide bonds. The van der Waals surface area contributed by atoms with Crippen LogP contribution < -0.4 is 0 Å². The number of aromatic nitrogens is 1. The molecule has 3 rings (SSSR count). The summed E-state index contributed by atoms with van der Waals surface area (Å²) in [5.74, 6) is -2.76. The number of hydrogen-bond acceptors (Lipinski definition) is 6. The number of ether oxygens (including phenoxy) is 2. The van der Waals surface area contributed by atoms with Crippen molar-refractivity contribution in [2.24, 2.45) is 0 Å². The molecule has 176 valence electrons. The third-order valence-electron chi connectivity index (χ3n) is 4.99. The highest BCUT2D eigenvalue weighted by atomic mass is 32.2. The molecule has 1 atom stereocenters. The van der Waals surface area contributed by atoms with Crippen LogP contribution in [-0.4, -0.2) is 71.6 Å². The Kier molecular flexibility index (Phi) is 8.06. The average molecular weight is 468 g/mol. The van der Waals surface area contributed by atoms with E-state index in [9.17, 15) is 21.6 Å². The van der Waals surface area contributed by atoms with Gasteiger partial charge in [0.05, 0.1) is 29.3 Å². The van der Waals surface area contributed by atoms with Gasteiger partial charge in [-0.15, -0.1) is 0 Å². The van der Waals surface area contributed by atoms with Gasteiger partial charge in [0.15, 0.2) is 0 Å². The number of alkyl halides is 3. The molecule has 8 nitrogen and oxygen atoms in total. The van der Waals surface area contributed by atoms with Crippen molar-refractivity contribution in [1.29, 1.82) is 0 Å². The number of nitrogens with zero attached hydrogens (tertiary/aromatic N) is 2. The quantitative estimate of drug-likeness (QED) is 0.708. The van der Waals surface area contributed by atoms with Gasteiger partial charge in [0, 0.05) is 31.8 Å². The highest BCUT2D eigenvalue weighted by Crippen LogP contribution is 2.37. The minimum absolute atomic E-state index is 0.0879. The van der Waals surface area contributed by atoms with E-state index in [1.165, 1.54) is 4.31 Å². The van der Waals surface area contributed by atoms with E-state index < -0.39 is 27.4 Å². The molecule has 1 spiro atoms. The topological polar surface area (TPSA) is 106 Å². The number of carboxylic acids is 1. The molecule has 1 aromatic rings. The Morgan fingerprint density at radius 2 is 2.00 bits per heavy atom. The van der Waals surface area contributed by atoms with Crippen molar-refractivity contribution in [2.75, 3.05) is 19.7 Å². The second-order valence-electron chi connectivity index (χ2n) is 7.89. The van der Waals surface area contributed by atoms with Crippen molar-refractivity contribution in [3.8, 4) is 0 Å². The van der Waals surface area contributed by atoms with Crippen molar-refractivity contribution in [2.45, 2.75) is 63.4 Å². The molecular formula is C19H27F3N2O6S. The summed E-state index contributed by atoms with van der Waals surface area (Å²) in [4.78, 5) is 13.3.